The third-order valence-electron chi connectivity index (χ3n) is 4.28. The molecule has 22 heavy (non-hydrogen) atoms. The number of carbonyl (C=O) groups excluding carboxylic acids is 1. The molecule has 1 aromatic heterocycles. The topological polar surface area (TPSA) is 95.4 Å². The van der Waals surface area contributed by atoms with Gasteiger partial charge in [0.15, 0.2) is 0 Å². The molecule has 116 valence electrons. The Balaban J connectivity index is 1.82. The van der Waals surface area contributed by atoms with E-state index in [1.54, 1.807) is 30.1 Å². The maximum Gasteiger partial charge on any atom is 0.326 e. The molecule has 2 N–H and O–H groups in total. The minimum atomic E-state index is -0.796. The van der Waals surface area contributed by atoms with Crippen molar-refractivity contribution < 1.29 is 14.7 Å². The van der Waals surface area contributed by atoms with Gasteiger partial charge >= 0.3 is 11.7 Å². The molecule has 7 nitrogen and oxygen atoms in total. The van der Waals surface area contributed by atoms with Crippen LogP contribution in [-0.2, 0) is 11.8 Å². The number of H-pyrrole nitrogens is 1. The van der Waals surface area contributed by atoms with Gasteiger partial charge in [-0.2, -0.15) is 0 Å². The molecule has 3 rings (SSSR count). The molecule has 2 heterocycles. The summed E-state index contributed by atoms with van der Waals surface area (Å²) in [4.78, 5) is 39.4. The summed E-state index contributed by atoms with van der Waals surface area (Å²) in [5.74, 6) is -1.28. The van der Waals surface area contributed by atoms with Gasteiger partial charge in [-0.1, -0.05) is 0 Å². The summed E-state index contributed by atoms with van der Waals surface area (Å²) >= 11 is 0. The number of fused-ring (bicyclic) bond motifs is 1. The highest BCUT2D eigenvalue weighted by molar-refractivity contribution is 5.97. The molecule has 1 amide bonds. The Morgan fingerprint density at radius 1 is 1.27 bits per heavy atom. The lowest BCUT2D eigenvalue weighted by Gasteiger charge is -2.30. The van der Waals surface area contributed by atoms with E-state index in [1.165, 1.54) is 4.57 Å². The molecule has 2 aromatic rings. The Kier molecular flexibility index (Phi) is 3.48. The number of amides is 1. The summed E-state index contributed by atoms with van der Waals surface area (Å²) in [6, 6.07) is 5.09. The van der Waals surface area contributed by atoms with E-state index < -0.39 is 5.97 Å². The van der Waals surface area contributed by atoms with Crippen molar-refractivity contribution in [1.82, 2.24) is 14.5 Å². The molecule has 1 aliphatic heterocycles. The van der Waals surface area contributed by atoms with Crippen LogP contribution in [0.5, 0.6) is 0 Å². The van der Waals surface area contributed by atoms with Crippen molar-refractivity contribution in [3.05, 3.63) is 34.2 Å². The van der Waals surface area contributed by atoms with Gasteiger partial charge in [-0.3, -0.25) is 14.2 Å². The highest BCUT2D eigenvalue weighted by Crippen LogP contribution is 2.20. The number of aromatic amines is 1. The minimum Gasteiger partial charge on any atom is -0.481 e. The van der Waals surface area contributed by atoms with E-state index in [4.69, 9.17) is 5.11 Å². The zero-order valence-electron chi connectivity index (χ0n) is 12.2. The van der Waals surface area contributed by atoms with Gasteiger partial charge in [0, 0.05) is 25.7 Å². The molecular weight excluding hydrogens is 286 g/mol. The maximum atomic E-state index is 12.5. The van der Waals surface area contributed by atoms with E-state index in [2.05, 4.69) is 4.98 Å². The van der Waals surface area contributed by atoms with Crippen LogP contribution in [0.15, 0.2) is 23.0 Å². The van der Waals surface area contributed by atoms with Crippen LogP contribution in [0.3, 0.4) is 0 Å². The summed E-state index contributed by atoms with van der Waals surface area (Å²) in [6.45, 7) is 0.889. The lowest BCUT2D eigenvalue weighted by atomic mass is 9.96. The predicted molar refractivity (Wildman–Crippen MR) is 79.8 cm³/mol. The van der Waals surface area contributed by atoms with Crippen molar-refractivity contribution in [2.75, 3.05) is 13.1 Å². The number of rotatable bonds is 2. The fraction of sp³-hybridized carbons (Fsp3) is 0.400. The summed E-state index contributed by atoms with van der Waals surface area (Å²) in [6.07, 6.45) is 0.956. The second-order valence-electron chi connectivity index (χ2n) is 5.63. The molecule has 0 radical (unpaired) electrons. The first-order chi connectivity index (χ1) is 10.5. The van der Waals surface area contributed by atoms with Crippen LogP contribution in [0.4, 0.5) is 0 Å². The van der Waals surface area contributed by atoms with Gasteiger partial charge in [-0.15, -0.1) is 0 Å². The zero-order valence-corrected chi connectivity index (χ0v) is 12.2. The zero-order chi connectivity index (χ0) is 15.9. The standard InChI is InChI=1S/C15H17N3O4/c1-17-12-8-10(2-3-11(12)16-15(17)22)13(19)18-6-4-9(5-7-18)14(20)21/h2-3,8-9H,4-7H2,1H3,(H,16,22)(H,20,21). The van der Waals surface area contributed by atoms with Gasteiger partial charge in [-0.05, 0) is 31.0 Å². The molecule has 0 spiro atoms. The number of carboxylic acid groups (broad SMARTS) is 1. The highest BCUT2D eigenvalue weighted by Gasteiger charge is 2.27. The van der Waals surface area contributed by atoms with Crippen molar-refractivity contribution in [3.8, 4) is 0 Å². The second kappa shape index (κ2) is 5.32. The smallest absolute Gasteiger partial charge is 0.326 e. The van der Waals surface area contributed by atoms with Crippen LogP contribution >= 0.6 is 0 Å². The van der Waals surface area contributed by atoms with Crippen molar-refractivity contribution in [2.45, 2.75) is 12.8 Å². The highest BCUT2D eigenvalue weighted by atomic mass is 16.4. The third kappa shape index (κ3) is 2.38. The monoisotopic (exact) mass is 303 g/mol. The molecule has 0 atom stereocenters. The number of hydrogen-bond donors (Lipinski definition) is 2. The molecule has 1 aliphatic rings. The van der Waals surface area contributed by atoms with Crippen molar-refractivity contribution >= 4 is 22.9 Å². The number of aliphatic carboxylic acids is 1. The van der Waals surface area contributed by atoms with Crippen LogP contribution in [-0.4, -0.2) is 44.5 Å². The van der Waals surface area contributed by atoms with Gasteiger partial charge < -0.3 is 15.0 Å². The number of aryl methyl sites for hydroxylation is 1. The van der Waals surface area contributed by atoms with Gasteiger partial charge in [0.05, 0.1) is 17.0 Å². The second-order valence-corrected chi connectivity index (χ2v) is 5.63. The molecule has 1 fully saturated rings. The predicted octanol–water partition coefficient (Wildman–Crippen LogP) is 0.803. The number of likely N-dealkylation sites (tertiary alicyclic amines) is 1. The Morgan fingerprint density at radius 2 is 1.95 bits per heavy atom. The fourth-order valence-corrected chi connectivity index (χ4v) is 2.87. The van der Waals surface area contributed by atoms with E-state index in [0.29, 0.717) is 42.5 Å². The average Bonchev–Trinajstić information content (AvgIpc) is 2.81. The molecule has 0 bridgehead atoms. The minimum absolute atomic E-state index is 0.126. The van der Waals surface area contributed by atoms with Crippen molar-refractivity contribution in [2.24, 2.45) is 13.0 Å². The molecule has 0 saturated carbocycles. The van der Waals surface area contributed by atoms with E-state index in [9.17, 15) is 14.4 Å². The molecular formula is C15H17N3O4. The number of hydrogen-bond acceptors (Lipinski definition) is 3. The Morgan fingerprint density at radius 3 is 2.59 bits per heavy atom. The third-order valence-corrected chi connectivity index (χ3v) is 4.28. The van der Waals surface area contributed by atoms with Crippen molar-refractivity contribution in [3.63, 3.8) is 0 Å². The lowest BCUT2D eigenvalue weighted by molar-refractivity contribution is -0.143. The van der Waals surface area contributed by atoms with E-state index in [-0.39, 0.29) is 17.5 Å². The molecule has 0 unspecified atom stereocenters. The molecule has 1 saturated heterocycles. The number of carbonyl (C=O) groups is 2. The van der Waals surface area contributed by atoms with Gasteiger partial charge in [0.1, 0.15) is 0 Å². The lowest BCUT2D eigenvalue weighted by Crippen LogP contribution is -2.40. The Bertz CT molecular complexity index is 797. The first kappa shape index (κ1) is 14.4. The molecule has 1 aromatic carbocycles. The van der Waals surface area contributed by atoms with Crippen LogP contribution in [0.2, 0.25) is 0 Å². The Hall–Kier alpha value is -2.57. The average molecular weight is 303 g/mol. The number of aromatic nitrogens is 2. The van der Waals surface area contributed by atoms with Crippen LogP contribution < -0.4 is 5.69 Å². The van der Waals surface area contributed by atoms with Gasteiger partial charge in [-0.25, -0.2) is 4.79 Å². The number of nitrogens with one attached hydrogen (secondary N) is 1. The van der Waals surface area contributed by atoms with Crippen LogP contribution in [0, 0.1) is 5.92 Å². The van der Waals surface area contributed by atoms with Crippen LogP contribution in [0.25, 0.3) is 11.0 Å². The van der Waals surface area contributed by atoms with Crippen LogP contribution in [0.1, 0.15) is 23.2 Å². The summed E-state index contributed by atoms with van der Waals surface area (Å²) in [5.41, 5.74) is 1.66. The van der Waals surface area contributed by atoms with E-state index >= 15 is 0 Å². The quantitative estimate of drug-likeness (QED) is 0.858. The molecule has 7 heteroatoms. The number of benzene rings is 1. The van der Waals surface area contributed by atoms with Crippen molar-refractivity contribution in [1.29, 1.82) is 0 Å². The number of nitrogens with zero attached hydrogens (tertiary/aromatic N) is 2. The van der Waals surface area contributed by atoms with Gasteiger partial charge in [0.2, 0.25) is 0 Å². The summed E-state index contributed by atoms with van der Waals surface area (Å²) in [5, 5.41) is 8.99. The SMILES string of the molecule is Cn1c(=O)[nH]c2ccc(C(=O)N3CCC(C(=O)O)CC3)cc21. The maximum absolute atomic E-state index is 12.5. The number of carboxylic acids is 1. The number of piperidine rings is 1. The first-order valence-electron chi connectivity index (χ1n) is 7.18. The molecule has 0 aliphatic carbocycles. The summed E-state index contributed by atoms with van der Waals surface area (Å²) < 4.78 is 1.46. The van der Waals surface area contributed by atoms with E-state index in [0.717, 1.165) is 0 Å². The normalized spacial score (nSPS) is 16.1. The number of imidazole rings is 1. The summed E-state index contributed by atoms with van der Waals surface area (Å²) in [7, 11) is 1.65. The van der Waals surface area contributed by atoms with Gasteiger partial charge in [0.25, 0.3) is 5.91 Å². The van der Waals surface area contributed by atoms with E-state index in [1.807, 2.05) is 0 Å². The largest absolute Gasteiger partial charge is 0.481 e. The Labute approximate surface area is 126 Å². The fourth-order valence-electron chi connectivity index (χ4n) is 2.87. The first-order valence-corrected chi connectivity index (χ1v) is 7.18.